The van der Waals surface area contributed by atoms with E-state index < -0.39 is 22.6 Å². The molecule has 0 saturated carbocycles. The number of amides is 2. The molecule has 0 aliphatic carbocycles. The number of rotatable bonds is 4. The zero-order valence-corrected chi connectivity index (χ0v) is 13.5. The molecule has 120 valence electrons. The van der Waals surface area contributed by atoms with Crippen LogP contribution in [0, 0.1) is 0 Å². The molecule has 2 amide bonds. The lowest BCUT2D eigenvalue weighted by Gasteiger charge is -2.51. The highest BCUT2D eigenvalue weighted by Gasteiger charge is 2.55. The van der Waals surface area contributed by atoms with E-state index in [0.29, 0.717) is 11.3 Å². The number of aldehydes is 1. The third-order valence-electron chi connectivity index (χ3n) is 3.64. The number of thiophene rings is 1. The van der Waals surface area contributed by atoms with Gasteiger partial charge < -0.3 is 10.0 Å². The first kappa shape index (κ1) is 15.8. The average Bonchev–Trinajstić information content (AvgIpc) is 3.04. The first-order chi connectivity index (χ1) is 11.0. The molecule has 7 nitrogen and oxygen atoms in total. The zero-order valence-electron chi connectivity index (χ0n) is 11.9. The maximum absolute atomic E-state index is 12.4. The number of carbonyl (C=O) groups is 4. The summed E-state index contributed by atoms with van der Waals surface area (Å²) in [5.41, 5.74) is 0.0380. The number of fused-ring (bicyclic) bond motifs is 1. The summed E-state index contributed by atoms with van der Waals surface area (Å²) >= 11 is 2.32. The molecule has 0 radical (unpaired) electrons. The van der Waals surface area contributed by atoms with Crippen molar-refractivity contribution < 1.29 is 24.3 Å². The van der Waals surface area contributed by atoms with Crippen LogP contribution in [-0.4, -0.2) is 50.7 Å². The molecule has 3 rings (SSSR count). The van der Waals surface area contributed by atoms with Gasteiger partial charge in [-0.2, -0.15) is 0 Å². The number of carboxylic acid groups (broad SMARTS) is 1. The van der Waals surface area contributed by atoms with Crippen LogP contribution < -0.4 is 4.90 Å². The summed E-state index contributed by atoms with van der Waals surface area (Å²) in [5, 5.41) is 10.1. The van der Waals surface area contributed by atoms with Gasteiger partial charge in [0.25, 0.3) is 5.91 Å². The molecular formula is C14H12N2O5S2. The summed E-state index contributed by atoms with van der Waals surface area (Å²) in [6.07, 6.45) is 1.73. The monoisotopic (exact) mass is 352 g/mol. The number of aliphatic carboxylic acids is 1. The molecule has 9 heteroatoms. The lowest BCUT2D eigenvalue weighted by molar-refractivity contribution is -0.143. The van der Waals surface area contributed by atoms with Crippen molar-refractivity contribution in [3.05, 3.63) is 29.3 Å². The van der Waals surface area contributed by atoms with E-state index in [1.54, 1.807) is 17.5 Å². The molecular weight excluding hydrogens is 340 g/mol. The molecule has 0 bridgehead atoms. The molecule has 2 unspecified atom stereocenters. The second kappa shape index (κ2) is 5.82. The van der Waals surface area contributed by atoms with E-state index in [1.165, 1.54) is 34.3 Å². The summed E-state index contributed by atoms with van der Waals surface area (Å²) in [5.74, 6) is -1.76. The maximum atomic E-state index is 12.4. The largest absolute Gasteiger partial charge is 0.480 e. The summed E-state index contributed by atoms with van der Waals surface area (Å²) in [6.45, 7) is 1.37. The van der Waals surface area contributed by atoms with Crippen LogP contribution in [0.1, 0.15) is 6.92 Å². The number of β-lactam (4-membered cyclic amide) rings is 1. The molecule has 1 saturated heterocycles. The van der Waals surface area contributed by atoms with E-state index in [0.717, 1.165) is 11.8 Å². The third-order valence-corrected chi connectivity index (χ3v) is 6.02. The quantitative estimate of drug-likeness (QED) is 0.640. The number of thioether (sulfide) groups is 1. The predicted molar refractivity (Wildman–Crippen MR) is 85.1 cm³/mol. The van der Waals surface area contributed by atoms with Gasteiger partial charge in [0.05, 0.1) is 5.00 Å². The summed E-state index contributed by atoms with van der Waals surface area (Å²) in [6, 6.07) is 2.74. The topological polar surface area (TPSA) is 95.0 Å². The Kier molecular flexibility index (Phi) is 3.99. The molecule has 1 fully saturated rings. The minimum atomic E-state index is -1.14. The number of hydrogen-bond donors (Lipinski definition) is 1. The van der Waals surface area contributed by atoms with E-state index >= 15 is 0 Å². The van der Waals surface area contributed by atoms with Crippen LogP contribution in [0.5, 0.6) is 0 Å². The Labute approximate surface area is 139 Å². The SMILES string of the molecule is CC(=O)N(c1cccs1)C1C(=O)N2C=C(C=O)C(C(=O)O)S[C@H]12. The highest BCUT2D eigenvalue weighted by molar-refractivity contribution is 8.01. The summed E-state index contributed by atoms with van der Waals surface area (Å²) in [4.78, 5) is 49.4. The first-order valence-electron chi connectivity index (χ1n) is 6.66. The molecule has 23 heavy (non-hydrogen) atoms. The van der Waals surface area contributed by atoms with Crippen molar-refractivity contribution in [2.75, 3.05) is 4.90 Å². The van der Waals surface area contributed by atoms with Crippen molar-refractivity contribution in [2.45, 2.75) is 23.6 Å². The Bertz CT molecular complexity index is 715. The van der Waals surface area contributed by atoms with Gasteiger partial charge in [-0.1, -0.05) is 0 Å². The molecule has 1 N–H and O–H groups in total. The standard InChI is InChI=1S/C14H12N2O5S2/c1-7(18)16(9-3-2-4-22-9)10-12(19)15-5-8(6-17)11(14(20)21)23-13(10)15/h2-6,10-11,13H,1H3,(H,20,21)/t10?,11?,13-/m1/s1. The van der Waals surface area contributed by atoms with Gasteiger partial charge >= 0.3 is 5.97 Å². The van der Waals surface area contributed by atoms with E-state index in [4.69, 9.17) is 0 Å². The maximum Gasteiger partial charge on any atom is 0.321 e. The molecule has 1 aromatic heterocycles. The first-order valence-corrected chi connectivity index (χ1v) is 8.48. The van der Waals surface area contributed by atoms with Crippen LogP contribution in [0.2, 0.25) is 0 Å². The zero-order chi connectivity index (χ0) is 16.7. The Hall–Kier alpha value is -2.13. The van der Waals surface area contributed by atoms with Gasteiger partial charge in [0.1, 0.15) is 23.0 Å². The molecule has 0 aromatic carbocycles. The minimum absolute atomic E-state index is 0.0380. The van der Waals surface area contributed by atoms with Crippen molar-refractivity contribution in [2.24, 2.45) is 0 Å². The Morgan fingerprint density at radius 3 is 2.70 bits per heavy atom. The van der Waals surface area contributed by atoms with Gasteiger partial charge in [-0.25, -0.2) is 0 Å². The fraction of sp³-hybridized carbons (Fsp3) is 0.286. The van der Waals surface area contributed by atoms with Gasteiger partial charge in [-0.15, -0.1) is 23.1 Å². The van der Waals surface area contributed by atoms with Gasteiger partial charge in [0.2, 0.25) is 5.91 Å². The lowest BCUT2D eigenvalue weighted by atomic mass is 10.0. The van der Waals surface area contributed by atoms with E-state index in [9.17, 15) is 24.3 Å². The molecule has 2 aliphatic heterocycles. The lowest BCUT2D eigenvalue weighted by Crippen LogP contribution is -2.70. The number of anilines is 1. The highest BCUT2D eigenvalue weighted by atomic mass is 32.2. The second-order valence-electron chi connectivity index (χ2n) is 5.02. The number of carbonyl (C=O) groups excluding carboxylic acids is 3. The van der Waals surface area contributed by atoms with Crippen molar-refractivity contribution in [1.29, 1.82) is 0 Å². The Morgan fingerprint density at radius 2 is 2.17 bits per heavy atom. The van der Waals surface area contributed by atoms with Crippen molar-refractivity contribution in [1.82, 2.24) is 4.90 Å². The summed E-state index contributed by atoms with van der Waals surface area (Å²) < 4.78 is 0. The van der Waals surface area contributed by atoms with Crippen LogP contribution >= 0.6 is 23.1 Å². The predicted octanol–water partition coefficient (Wildman–Crippen LogP) is 0.921. The average molecular weight is 352 g/mol. The van der Waals surface area contributed by atoms with Gasteiger partial charge in [-0.3, -0.25) is 24.1 Å². The Balaban J connectivity index is 1.94. The molecule has 2 aliphatic rings. The fourth-order valence-electron chi connectivity index (χ4n) is 2.62. The molecule has 3 atom stereocenters. The number of nitrogens with zero attached hydrogens (tertiary/aromatic N) is 2. The highest BCUT2D eigenvalue weighted by Crippen LogP contribution is 2.43. The fourth-order valence-corrected chi connectivity index (χ4v) is 4.78. The summed E-state index contributed by atoms with van der Waals surface area (Å²) in [7, 11) is 0. The van der Waals surface area contributed by atoms with Crippen molar-refractivity contribution >= 4 is 52.2 Å². The Morgan fingerprint density at radius 1 is 1.43 bits per heavy atom. The normalized spacial score (nSPS) is 26.0. The van der Waals surface area contributed by atoms with Gasteiger partial charge in [-0.05, 0) is 17.5 Å². The molecule has 0 spiro atoms. The van der Waals surface area contributed by atoms with Gasteiger partial charge in [0, 0.05) is 18.7 Å². The van der Waals surface area contributed by atoms with Crippen LogP contribution in [0.25, 0.3) is 0 Å². The van der Waals surface area contributed by atoms with Gasteiger partial charge in [0.15, 0.2) is 0 Å². The van der Waals surface area contributed by atoms with E-state index in [-0.39, 0.29) is 17.4 Å². The van der Waals surface area contributed by atoms with Crippen molar-refractivity contribution in [3.8, 4) is 0 Å². The van der Waals surface area contributed by atoms with Crippen LogP contribution in [-0.2, 0) is 19.2 Å². The van der Waals surface area contributed by atoms with Crippen molar-refractivity contribution in [3.63, 3.8) is 0 Å². The third kappa shape index (κ3) is 2.45. The minimum Gasteiger partial charge on any atom is -0.480 e. The second-order valence-corrected chi connectivity index (χ2v) is 7.18. The van der Waals surface area contributed by atoms with Crippen LogP contribution in [0.3, 0.4) is 0 Å². The smallest absolute Gasteiger partial charge is 0.321 e. The van der Waals surface area contributed by atoms with Crippen LogP contribution in [0.4, 0.5) is 5.00 Å². The van der Waals surface area contributed by atoms with E-state index in [2.05, 4.69) is 0 Å². The van der Waals surface area contributed by atoms with Crippen LogP contribution in [0.15, 0.2) is 29.3 Å². The molecule has 3 heterocycles. The number of carboxylic acids is 1. The van der Waals surface area contributed by atoms with E-state index in [1.807, 2.05) is 0 Å². The molecule has 1 aromatic rings. The number of hydrogen-bond acceptors (Lipinski definition) is 6.